The lowest BCUT2D eigenvalue weighted by Gasteiger charge is -2.26. The maximum atomic E-state index is 13.1. The summed E-state index contributed by atoms with van der Waals surface area (Å²) in [6, 6.07) is 17.7. The normalized spacial score (nSPS) is 10.8. The molecule has 138 valence electrons. The molecule has 1 amide bonds. The number of aromatic carboxylic acids is 1. The van der Waals surface area contributed by atoms with Gasteiger partial charge >= 0.3 is 5.97 Å². The summed E-state index contributed by atoms with van der Waals surface area (Å²) in [5.74, 6) is -1.31. The minimum Gasteiger partial charge on any atom is -0.477 e. The minimum atomic E-state index is -1.05. The SMILES string of the molecule is CC(C)N(C(=O)c1ccc(Cl)cc1)c1cc(-c2ccccc2)sc1C(=O)O. The van der Waals surface area contributed by atoms with Crippen LogP contribution < -0.4 is 4.90 Å². The van der Waals surface area contributed by atoms with Gasteiger partial charge in [0.05, 0.1) is 5.69 Å². The topological polar surface area (TPSA) is 57.6 Å². The number of carbonyl (C=O) groups is 2. The number of hydrogen-bond donors (Lipinski definition) is 1. The standard InChI is InChI=1S/C21H18ClNO3S/c1-13(2)23(20(24)15-8-10-16(22)11-9-15)17-12-18(27-19(17)21(25)26)14-6-4-3-5-7-14/h3-13H,1-2H3,(H,25,26). The van der Waals surface area contributed by atoms with E-state index in [9.17, 15) is 14.7 Å². The van der Waals surface area contributed by atoms with Gasteiger partial charge in [-0.1, -0.05) is 41.9 Å². The van der Waals surface area contributed by atoms with Gasteiger partial charge in [-0.15, -0.1) is 11.3 Å². The zero-order valence-corrected chi connectivity index (χ0v) is 16.4. The third kappa shape index (κ3) is 4.04. The first-order valence-electron chi connectivity index (χ1n) is 8.40. The van der Waals surface area contributed by atoms with Crippen molar-refractivity contribution in [3.05, 3.63) is 76.1 Å². The number of benzene rings is 2. The van der Waals surface area contributed by atoms with Crippen LogP contribution in [0.25, 0.3) is 10.4 Å². The third-order valence-corrected chi connectivity index (χ3v) is 5.46. The quantitative estimate of drug-likeness (QED) is 0.587. The molecular weight excluding hydrogens is 382 g/mol. The third-order valence-electron chi connectivity index (χ3n) is 4.05. The first-order valence-corrected chi connectivity index (χ1v) is 9.59. The molecule has 0 atom stereocenters. The number of nitrogens with zero attached hydrogens (tertiary/aromatic N) is 1. The highest BCUT2D eigenvalue weighted by molar-refractivity contribution is 7.18. The predicted molar refractivity (Wildman–Crippen MR) is 110 cm³/mol. The van der Waals surface area contributed by atoms with E-state index in [0.717, 1.165) is 10.4 Å². The summed E-state index contributed by atoms with van der Waals surface area (Å²) in [5, 5.41) is 10.2. The van der Waals surface area contributed by atoms with Crippen LogP contribution in [-0.2, 0) is 0 Å². The summed E-state index contributed by atoms with van der Waals surface area (Å²) in [5.41, 5.74) is 1.78. The van der Waals surface area contributed by atoms with Gasteiger partial charge < -0.3 is 10.0 Å². The molecule has 0 aliphatic rings. The Morgan fingerprint density at radius 3 is 2.22 bits per heavy atom. The van der Waals surface area contributed by atoms with Gasteiger partial charge in [-0.05, 0) is 49.7 Å². The van der Waals surface area contributed by atoms with Crippen molar-refractivity contribution in [3.63, 3.8) is 0 Å². The Morgan fingerprint density at radius 1 is 1.04 bits per heavy atom. The molecular formula is C21H18ClNO3S. The molecule has 0 fully saturated rings. The van der Waals surface area contributed by atoms with Crippen LogP contribution in [0.3, 0.4) is 0 Å². The number of amides is 1. The number of hydrogen-bond acceptors (Lipinski definition) is 3. The zero-order chi connectivity index (χ0) is 19.6. The van der Waals surface area contributed by atoms with Crippen molar-refractivity contribution in [1.82, 2.24) is 0 Å². The van der Waals surface area contributed by atoms with Crippen LogP contribution in [0.5, 0.6) is 0 Å². The summed E-state index contributed by atoms with van der Waals surface area (Å²) >= 11 is 7.08. The minimum absolute atomic E-state index is 0.143. The second-order valence-corrected chi connectivity index (χ2v) is 7.76. The predicted octanol–water partition coefficient (Wildman–Crippen LogP) is 5.82. The van der Waals surface area contributed by atoms with Crippen molar-refractivity contribution in [2.75, 3.05) is 4.90 Å². The fourth-order valence-corrected chi connectivity index (χ4v) is 3.93. The summed E-state index contributed by atoms with van der Waals surface area (Å²) in [7, 11) is 0. The van der Waals surface area contributed by atoms with Crippen LogP contribution in [0, 0.1) is 0 Å². The molecule has 1 N–H and O–H groups in total. The first-order chi connectivity index (χ1) is 12.9. The van der Waals surface area contributed by atoms with E-state index in [4.69, 9.17) is 11.6 Å². The van der Waals surface area contributed by atoms with Gasteiger partial charge in [0.25, 0.3) is 5.91 Å². The van der Waals surface area contributed by atoms with Gasteiger partial charge in [-0.3, -0.25) is 4.79 Å². The Kier molecular flexibility index (Phi) is 5.63. The van der Waals surface area contributed by atoms with Crippen molar-refractivity contribution in [2.45, 2.75) is 19.9 Å². The fourth-order valence-electron chi connectivity index (χ4n) is 2.81. The van der Waals surface area contributed by atoms with E-state index in [2.05, 4.69) is 0 Å². The van der Waals surface area contributed by atoms with E-state index in [-0.39, 0.29) is 16.8 Å². The van der Waals surface area contributed by atoms with Crippen LogP contribution in [0.15, 0.2) is 60.7 Å². The molecule has 2 aromatic carbocycles. The molecule has 0 aliphatic carbocycles. The molecule has 0 unspecified atom stereocenters. The van der Waals surface area contributed by atoms with Crippen molar-refractivity contribution in [2.24, 2.45) is 0 Å². The Hall–Kier alpha value is -2.63. The lowest BCUT2D eigenvalue weighted by molar-refractivity contribution is 0.0703. The van der Waals surface area contributed by atoms with Crippen LogP contribution in [0.1, 0.15) is 33.9 Å². The number of carboxylic acid groups (broad SMARTS) is 1. The average Bonchev–Trinajstić information content (AvgIpc) is 3.08. The summed E-state index contributed by atoms with van der Waals surface area (Å²) < 4.78 is 0. The van der Waals surface area contributed by atoms with Crippen molar-refractivity contribution in [3.8, 4) is 10.4 Å². The molecule has 0 spiro atoms. The van der Waals surface area contributed by atoms with E-state index in [0.29, 0.717) is 16.3 Å². The van der Waals surface area contributed by atoms with Gasteiger partial charge in [0, 0.05) is 21.5 Å². The Morgan fingerprint density at radius 2 is 1.67 bits per heavy atom. The number of carboxylic acids is 1. The fraction of sp³-hybridized carbons (Fsp3) is 0.143. The van der Waals surface area contributed by atoms with E-state index in [1.165, 1.54) is 16.2 Å². The highest BCUT2D eigenvalue weighted by Gasteiger charge is 2.28. The molecule has 0 radical (unpaired) electrons. The maximum Gasteiger partial charge on any atom is 0.348 e. The number of rotatable bonds is 5. The van der Waals surface area contributed by atoms with E-state index in [1.807, 2.05) is 44.2 Å². The molecule has 3 aromatic rings. The molecule has 0 saturated heterocycles. The summed E-state index contributed by atoms with van der Waals surface area (Å²) in [4.78, 5) is 27.4. The summed E-state index contributed by atoms with van der Waals surface area (Å²) in [6.45, 7) is 3.72. The molecule has 1 heterocycles. The van der Waals surface area contributed by atoms with Gasteiger partial charge in [-0.25, -0.2) is 4.79 Å². The molecule has 27 heavy (non-hydrogen) atoms. The number of anilines is 1. The van der Waals surface area contributed by atoms with Gasteiger partial charge in [0.15, 0.2) is 0 Å². The van der Waals surface area contributed by atoms with Crippen molar-refractivity contribution >= 4 is 40.5 Å². The van der Waals surface area contributed by atoms with Crippen LogP contribution in [0.4, 0.5) is 5.69 Å². The number of halogens is 1. The maximum absolute atomic E-state index is 13.1. The van der Waals surface area contributed by atoms with Crippen molar-refractivity contribution in [1.29, 1.82) is 0 Å². The largest absolute Gasteiger partial charge is 0.477 e. The highest BCUT2D eigenvalue weighted by Crippen LogP contribution is 2.38. The van der Waals surface area contributed by atoms with Gasteiger partial charge in [0.1, 0.15) is 4.88 Å². The molecule has 3 rings (SSSR count). The van der Waals surface area contributed by atoms with Gasteiger partial charge in [-0.2, -0.15) is 0 Å². The monoisotopic (exact) mass is 399 g/mol. The average molecular weight is 400 g/mol. The molecule has 1 aromatic heterocycles. The molecule has 0 bridgehead atoms. The smallest absolute Gasteiger partial charge is 0.348 e. The summed E-state index contributed by atoms with van der Waals surface area (Å²) in [6.07, 6.45) is 0. The molecule has 0 aliphatic heterocycles. The lowest BCUT2D eigenvalue weighted by Crippen LogP contribution is -2.37. The Bertz CT molecular complexity index is 965. The highest BCUT2D eigenvalue weighted by atomic mass is 35.5. The van der Waals surface area contributed by atoms with E-state index < -0.39 is 5.97 Å². The number of carbonyl (C=O) groups excluding carboxylic acids is 1. The Balaban J connectivity index is 2.09. The van der Waals surface area contributed by atoms with Gasteiger partial charge in [0.2, 0.25) is 0 Å². The van der Waals surface area contributed by atoms with E-state index >= 15 is 0 Å². The zero-order valence-electron chi connectivity index (χ0n) is 14.8. The second-order valence-electron chi connectivity index (χ2n) is 6.27. The number of thiophene rings is 1. The second kappa shape index (κ2) is 7.94. The molecule has 4 nitrogen and oxygen atoms in total. The molecule has 0 saturated carbocycles. The van der Waals surface area contributed by atoms with Crippen molar-refractivity contribution < 1.29 is 14.7 Å². The Labute approximate surface area is 166 Å². The van der Waals surface area contributed by atoms with E-state index in [1.54, 1.807) is 30.3 Å². The van der Waals surface area contributed by atoms with Crippen LogP contribution in [-0.4, -0.2) is 23.0 Å². The first kappa shape index (κ1) is 19.1. The van der Waals surface area contributed by atoms with Crippen LogP contribution in [0.2, 0.25) is 5.02 Å². The molecule has 6 heteroatoms. The van der Waals surface area contributed by atoms with Crippen LogP contribution >= 0.6 is 22.9 Å². The lowest BCUT2D eigenvalue weighted by atomic mass is 10.1.